The fourth-order valence-corrected chi connectivity index (χ4v) is 12.5. The highest BCUT2D eigenvalue weighted by Crippen LogP contribution is 2.36. The van der Waals surface area contributed by atoms with Gasteiger partial charge in [-0.3, -0.25) is 9.59 Å². The van der Waals surface area contributed by atoms with Gasteiger partial charge in [0.25, 0.3) is 5.91 Å². The summed E-state index contributed by atoms with van der Waals surface area (Å²) in [7, 11) is 0. The first-order valence-corrected chi connectivity index (χ1v) is 30.8. The van der Waals surface area contributed by atoms with Crippen LogP contribution in [0.5, 0.6) is 17.2 Å². The second-order valence-electron chi connectivity index (χ2n) is 24.2. The molecule has 0 radical (unpaired) electrons. The highest BCUT2D eigenvalue weighted by molar-refractivity contribution is 5.94. The zero-order valence-electron chi connectivity index (χ0n) is 50.2. The van der Waals surface area contributed by atoms with Crippen molar-refractivity contribution in [2.45, 2.75) is 164 Å². The van der Waals surface area contributed by atoms with Crippen LogP contribution < -0.4 is 24.8 Å². The lowest BCUT2D eigenvalue weighted by Gasteiger charge is -2.35. The number of rotatable bonds is 20. The Morgan fingerprint density at radius 1 is 0.566 bits per heavy atom. The van der Waals surface area contributed by atoms with Crippen molar-refractivity contribution in [3.05, 3.63) is 191 Å². The van der Waals surface area contributed by atoms with Gasteiger partial charge in [-0.1, -0.05) is 119 Å². The third kappa shape index (κ3) is 20.7. The molecule has 0 saturated heterocycles. The summed E-state index contributed by atoms with van der Waals surface area (Å²) < 4.78 is 18.8. The van der Waals surface area contributed by atoms with E-state index in [1.807, 2.05) is 65.6 Å². The van der Waals surface area contributed by atoms with E-state index in [-0.39, 0.29) is 31.4 Å². The number of benzene rings is 6. The van der Waals surface area contributed by atoms with Crippen LogP contribution in [0.1, 0.15) is 150 Å². The number of carbonyl (C=O) groups is 2. The molecule has 9 atom stereocenters. The van der Waals surface area contributed by atoms with Gasteiger partial charge in [-0.2, -0.15) is 0 Å². The molecule has 3 fully saturated rings. The molecule has 0 bridgehead atoms. The van der Waals surface area contributed by atoms with Crippen molar-refractivity contribution in [3.63, 3.8) is 0 Å². The van der Waals surface area contributed by atoms with Gasteiger partial charge in [0.1, 0.15) is 17.2 Å². The van der Waals surface area contributed by atoms with E-state index in [1.165, 1.54) is 72.8 Å². The molecule has 3 aliphatic carbocycles. The zero-order chi connectivity index (χ0) is 57.6. The molecule has 6 unspecified atom stereocenters. The molecular weight excluding hydrogens is 1030 g/mol. The Labute approximate surface area is 497 Å². The van der Waals surface area contributed by atoms with Crippen LogP contribution in [0, 0.1) is 56.3 Å². The van der Waals surface area contributed by atoms with Crippen LogP contribution in [0.2, 0.25) is 0 Å². The largest absolute Gasteiger partial charge is 0.490 e. The number of aryl methyl sites for hydroxylation is 3. The molecule has 1 aromatic heterocycles. The molecular formula is C73H97N5O5. The number of aromatic nitrogens is 2. The van der Waals surface area contributed by atoms with Gasteiger partial charge in [-0.05, 0) is 228 Å². The number of carbonyl (C=O) groups excluding carboxylic acids is 2. The number of fused-ring (bicyclic) bond motifs is 1. The molecule has 10 heteroatoms. The van der Waals surface area contributed by atoms with E-state index in [0.717, 1.165) is 98.0 Å². The number of nitrogens with zero attached hydrogens (tertiary/aromatic N) is 2. The number of hydrogen-bond donors (Lipinski definition) is 3. The summed E-state index contributed by atoms with van der Waals surface area (Å²) in [6.07, 6.45) is 16.8. The molecule has 0 aliphatic heterocycles. The summed E-state index contributed by atoms with van der Waals surface area (Å²) in [4.78, 5) is 33.9. The first kappa shape index (κ1) is 63.7. The lowest BCUT2D eigenvalue weighted by atomic mass is 9.79. The van der Waals surface area contributed by atoms with Gasteiger partial charge in [0, 0.05) is 38.7 Å². The van der Waals surface area contributed by atoms with Crippen molar-refractivity contribution in [2.75, 3.05) is 19.6 Å². The number of ether oxygens (including phenoxy) is 3. The lowest BCUT2D eigenvalue weighted by Crippen LogP contribution is -2.37. The van der Waals surface area contributed by atoms with E-state index in [1.54, 1.807) is 13.3 Å². The summed E-state index contributed by atoms with van der Waals surface area (Å²) >= 11 is 0. The summed E-state index contributed by atoms with van der Waals surface area (Å²) in [5.41, 5.74) is 9.07. The molecule has 10 rings (SSSR count). The Hall–Kier alpha value is -6.91. The summed E-state index contributed by atoms with van der Waals surface area (Å²) in [5.74, 6) is 6.63. The van der Waals surface area contributed by atoms with Crippen molar-refractivity contribution >= 4 is 22.8 Å². The van der Waals surface area contributed by atoms with Crippen molar-refractivity contribution in [3.8, 4) is 17.2 Å². The highest BCUT2D eigenvalue weighted by Gasteiger charge is 2.31. The molecule has 444 valence electrons. The maximum Gasteiger partial charge on any atom is 0.251 e. The van der Waals surface area contributed by atoms with Gasteiger partial charge >= 0.3 is 0 Å². The van der Waals surface area contributed by atoms with E-state index in [2.05, 4.69) is 153 Å². The average molecular weight is 1120 g/mol. The Balaban J connectivity index is 0.000000178. The van der Waals surface area contributed by atoms with E-state index in [9.17, 15) is 9.59 Å². The summed E-state index contributed by atoms with van der Waals surface area (Å²) in [6.45, 7) is 19.1. The molecule has 3 saturated carbocycles. The molecule has 3 aliphatic rings. The summed E-state index contributed by atoms with van der Waals surface area (Å²) in [5, 5.41) is 6.74. The average Bonchev–Trinajstić information content (AvgIpc) is 4.06. The SMILES string of the molecule is C.CC(=O)N(Cc1ccccc1)CC(C)C1CCC[C@@H](Oc2cccc(C)c2)C1.Cc1cccc(O[C@@H]2CCCC(C(C)CNC(=O)c3ccccc3)C2)c1.Cc1cccc(O[C@@H]2CCCC(C(C)CNCc3ccc4nc[nH]c4c3)C2)c1. The number of aromatic amines is 1. The Bertz CT molecular complexity index is 3020. The molecule has 1 heterocycles. The maximum absolute atomic E-state index is 12.2. The van der Waals surface area contributed by atoms with Gasteiger partial charge < -0.3 is 34.7 Å². The molecule has 7 aromatic rings. The fourth-order valence-electron chi connectivity index (χ4n) is 12.5. The molecule has 10 nitrogen and oxygen atoms in total. The van der Waals surface area contributed by atoms with Crippen molar-refractivity contribution < 1.29 is 23.8 Å². The van der Waals surface area contributed by atoms with E-state index >= 15 is 0 Å². The van der Waals surface area contributed by atoms with Crippen LogP contribution in [0.15, 0.2) is 158 Å². The van der Waals surface area contributed by atoms with Crippen LogP contribution in [0.25, 0.3) is 11.0 Å². The third-order valence-electron chi connectivity index (χ3n) is 17.4. The minimum atomic E-state index is 0. The van der Waals surface area contributed by atoms with Gasteiger partial charge in [0.05, 0.1) is 35.7 Å². The smallest absolute Gasteiger partial charge is 0.251 e. The van der Waals surface area contributed by atoms with Crippen LogP contribution in [0.4, 0.5) is 0 Å². The summed E-state index contributed by atoms with van der Waals surface area (Å²) in [6, 6.07) is 51.2. The number of hydrogen-bond acceptors (Lipinski definition) is 7. The minimum absolute atomic E-state index is 0. The van der Waals surface area contributed by atoms with Crippen LogP contribution >= 0.6 is 0 Å². The zero-order valence-corrected chi connectivity index (χ0v) is 50.2. The van der Waals surface area contributed by atoms with Gasteiger partial charge in [-0.25, -0.2) is 4.98 Å². The second kappa shape index (κ2) is 32.8. The Morgan fingerprint density at radius 3 is 1.54 bits per heavy atom. The number of imidazole rings is 1. The van der Waals surface area contributed by atoms with Crippen LogP contribution in [0.3, 0.4) is 0 Å². The van der Waals surface area contributed by atoms with Crippen LogP contribution in [-0.2, 0) is 17.9 Å². The topological polar surface area (TPSA) is 118 Å². The monoisotopic (exact) mass is 1120 g/mol. The van der Waals surface area contributed by atoms with Crippen LogP contribution in [-0.4, -0.2) is 64.6 Å². The van der Waals surface area contributed by atoms with Gasteiger partial charge in [-0.15, -0.1) is 0 Å². The predicted molar refractivity (Wildman–Crippen MR) is 341 cm³/mol. The Morgan fingerprint density at radius 2 is 1.05 bits per heavy atom. The number of amides is 2. The Kier molecular flexibility index (Phi) is 25.2. The molecule has 2 amide bonds. The van der Waals surface area contributed by atoms with E-state index in [0.29, 0.717) is 42.2 Å². The maximum atomic E-state index is 12.2. The quantitative estimate of drug-likeness (QED) is 0.0696. The van der Waals surface area contributed by atoms with Crippen molar-refractivity contribution in [1.82, 2.24) is 25.5 Å². The predicted octanol–water partition coefficient (Wildman–Crippen LogP) is 16.5. The molecule has 3 N–H and O–H groups in total. The third-order valence-corrected chi connectivity index (χ3v) is 17.4. The first-order valence-electron chi connectivity index (χ1n) is 30.8. The molecule has 0 spiro atoms. The van der Waals surface area contributed by atoms with Gasteiger partial charge in [0.2, 0.25) is 5.91 Å². The highest BCUT2D eigenvalue weighted by atomic mass is 16.5. The number of H-pyrrole nitrogens is 1. The lowest BCUT2D eigenvalue weighted by molar-refractivity contribution is -0.130. The van der Waals surface area contributed by atoms with E-state index < -0.39 is 0 Å². The minimum Gasteiger partial charge on any atom is -0.490 e. The standard InChI is InChI=1S/C25H33NO2.C24H31N3O.C23H29NO2.CH4/c1-19-9-7-13-24(15-19)28-25-14-8-12-23(16-25)20(2)17-26(21(3)27)18-22-10-5-4-6-11-22;1-17-5-3-7-21(11-17)28-22-8-4-6-20(13-22)18(2)14-25-15-19-9-10-23-24(12-19)27-16-26-23;1-17-8-6-12-21(14-17)26-22-13-7-11-20(15-22)18(2)16-24-23(25)19-9-4-3-5-10-19;/h4-7,9-11,13,15,20,23,25H,8,12,14,16-18H2,1-3H3;3,5,7,9-12,16,18,20,22,25H,4,6,8,13-15H2,1-2H3,(H,26,27);3-6,8-10,12,14,18,20,22H,7,11,13,15-16H2,1-2H3,(H,24,25);1H4/t20?,23?,25-;2*18?,20?,22-;/m111./s1. The first-order chi connectivity index (χ1) is 39.8. The normalized spacial score (nSPS) is 20.5. The van der Waals surface area contributed by atoms with Crippen molar-refractivity contribution in [2.24, 2.45) is 35.5 Å². The van der Waals surface area contributed by atoms with Crippen molar-refractivity contribution in [1.29, 1.82) is 0 Å². The van der Waals surface area contributed by atoms with Gasteiger partial charge in [0.15, 0.2) is 0 Å². The second-order valence-corrected chi connectivity index (χ2v) is 24.2. The fraction of sp³-hybridized carbons (Fsp3) is 0.466. The number of nitrogens with one attached hydrogen (secondary N) is 3. The van der Waals surface area contributed by atoms with E-state index in [4.69, 9.17) is 14.2 Å². The molecule has 83 heavy (non-hydrogen) atoms. The molecule has 6 aromatic carbocycles.